The van der Waals surface area contributed by atoms with E-state index in [-0.39, 0.29) is 5.91 Å². The van der Waals surface area contributed by atoms with Crippen molar-refractivity contribution in [3.05, 3.63) is 35.5 Å². The Morgan fingerprint density at radius 3 is 2.68 bits per heavy atom. The highest BCUT2D eigenvalue weighted by Gasteiger charge is 2.21. The molecule has 0 unspecified atom stereocenters. The summed E-state index contributed by atoms with van der Waals surface area (Å²) in [7, 11) is 1.97. The van der Waals surface area contributed by atoms with Crippen molar-refractivity contribution in [3.8, 4) is 0 Å². The van der Waals surface area contributed by atoms with Crippen LogP contribution < -0.4 is 5.32 Å². The van der Waals surface area contributed by atoms with E-state index < -0.39 is 0 Å². The van der Waals surface area contributed by atoms with Gasteiger partial charge in [0.05, 0.1) is 0 Å². The Hall–Kier alpha value is -1.81. The molecule has 1 saturated heterocycles. The number of carbonyl (C=O) groups is 1. The topological polar surface area (TPSA) is 37.3 Å². The quantitative estimate of drug-likeness (QED) is 0.841. The maximum Gasteiger partial charge on any atom is 0.270 e. The minimum atomic E-state index is 0.137. The number of piperazine rings is 1. The standard InChI is InChI=1S/C15H19N3O/c1-11-3-4-12-10-14(17(2)13(12)9-11)15(19)18-7-5-16-6-8-18/h3-4,9-10,16H,5-8H2,1-2H3. The highest BCUT2D eigenvalue weighted by Crippen LogP contribution is 2.21. The Morgan fingerprint density at radius 1 is 1.21 bits per heavy atom. The summed E-state index contributed by atoms with van der Waals surface area (Å²) in [6, 6.07) is 8.30. The van der Waals surface area contributed by atoms with Crippen LogP contribution in [-0.2, 0) is 7.05 Å². The van der Waals surface area contributed by atoms with Crippen molar-refractivity contribution in [1.82, 2.24) is 14.8 Å². The highest BCUT2D eigenvalue weighted by atomic mass is 16.2. The molecular weight excluding hydrogens is 238 g/mol. The second-order valence-electron chi connectivity index (χ2n) is 5.19. The van der Waals surface area contributed by atoms with Gasteiger partial charge in [-0.1, -0.05) is 12.1 Å². The molecule has 0 aliphatic carbocycles. The molecule has 19 heavy (non-hydrogen) atoms. The van der Waals surface area contributed by atoms with E-state index in [1.54, 1.807) is 0 Å². The fraction of sp³-hybridized carbons (Fsp3) is 0.400. The van der Waals surface area contributed by atoms with Crippen LogP contribution in [0.5, 0.6) is 0 Å². The van der Waals surface area contributed by atoms with E-state index >= 15 is 0 Å². The summed E-state index contributed by atoms with van der Waals surface area (Å²) in [5.74, 6) is 0.137. The number of nitrogens with one attached hydrogen (secondary N) is 1. The molecule has 4 heteroatoms. The van der Waals surface area contributed by atoms with Gasteiger partial charge in [0.2, 0.25) is 0 Å². The van der Waals surface area contributed by atoms with Crippen LogP contribution in [0.4, 0.5) is 0 Å². The fourth-order valence-corrected chi connectivity index (χ4v) is 2.68. The average molecular weight is 257 g/mol. The summed E-state index contributed by atoms with van der Waals surface area (Å²) in [4.78, 5) is 14.5. The number of rotatable bonds is 1. The zero-order valence-electron chi connectivity index (χ0n) is 11.4. The smallest absolute Gasteiger partial charge is 0.270 e. The predicted octanol–water partition coefficient (Wildman–Crippen LogP) is 1.53. The lowest BCUT2D eigenvalue weighted by molar-refractivity contribution is 0.0726. The molecule has 2 heterocycles. The lowest BCUT2D eigenvalue weighted by Gasteiger charge is -2.27. The van der Waals surface area contributed by atoms with E-state index in [9.17, 15) is 4.79 Å². The SMILES string of the molecule is Cc1ccc2cc(C(=O)N3CCNCC3)n(C)c2c1. The number of aryl methyl sites for hydroxylation is 2. The van der Waals surface area contributed by atoms with Crippen LogP contribution in [0.15, 0.2) is 24.3 Å². The van der Waals surface area contributed by atoms with Gasteiger partial charge in [-0.05, 0) is 24.6 Å². The van der Waals surface area contributed by atoms with Gasteiger partial charge in [-0.15, -0.1) is 0 Å². The van der Waals surface area contributed by atoms with Gasteiger partial charge in [0, 0.05) is 44.1 Å². The van der Waals surface area contributed by atoms with E-state index in [0.717, 1.165) is 42.8 Å². The van der Waals surface area contributed by atoms with E-state index in [1.807, 2.05) is 22.6 Å². The lowest BCUT2D eigenvalue weighted by atomic mass is 10.2. The molecular formula is C15H19N3O. The maximum absolute atomic E-state index is 12.6. The molecule has 1 N–H and O–H groups in total. The van der Waals surface area contributed by atoms with E-state index in [1.165, 1.54) is 5.56 Å². The molecule has 1 aromatic heterocycles. The minimum Gasteiger partial charge on any atom is -0.340 e. The normalized spacial score (nSPS) is 16.0. The molecule has 0 atom stereocenters. The first kappa shape index (κ1) is 12.2. The van der Waals surface area contributed by atoms with E-state index in [4.69, 9.17) is 0 Å². The van der Waals surface area contributed by atoms with Crippen LogP contribution in [0, 0.1) is 6.92 Å². The third-order valence-electron chi connectivity index (χ3n) is 3.82. The highest BCUT2D eigenvalue weighted by molar-refractivity contribution is 5.98. The number of amides is 1. The van der Waals surface area contributed by atoms with Gasteiger partial charge < -0.3 is 14.8 Å². The Bertz CT molecular complexity index is 624. The number of hydrogen-bond acceptors (Lipinski definition) is 2. The molecule has 0 radical (unpaired) electrons. The van der Waals surface area contributed by atoms with Crippen molar-refractivity contribution in [1.29, 1.82) is 0 Å². The van der Waals surface area contributed by atoms with Gasteiger partial charge in [0.1, 0.15) is 5.69 Å². The zero-order chi connectivity index (χ0) is 13.4. The third-order valence-corrected chi connectivity index (χ3v) is 3.82. The van der Waals surface area contributed by atoms with Crippen molar-refractivity contribution in [3.63, 3.8) is 0 Å². The van der Waals surface area contributed by atoms with Crippen molar-refractivity contribution < 1.29 is 4.79 Å². The molecule has 1 aliphatic heterocycles. The second kappa shape index (κ2) is 4.70. The molecule has 1 aliphatic rings. The number of aromatic nitrogens is 1. The molecule has 1 fully saturated rings. The van der Waals surface area contributed by atoms with Gasteiger partial charge in [-0.3, -0.25) is 4.79 Å². The molecule has 1 aromatic carbocycles. The van der Waals surface area contributed by atoms with Crippen molar-refractivity contribution in [2.45, 2.75) is 6.92 Å². The zero-order valence-corrected chi connectivity index (χ0v) is 11.4. The Morgan fingerprint density at radius 2 is 1.95 bits per heavy atom. The van der Waals surface area contributed by atoms with Crippen LogP contribution in [0.25, 0.3) is 10.9 Å². The molecule has 0 bridgehead atoms. The average Bonchev–Trinajstić information content (AvgIpc) is 2.76. The number of fused-ring (bicyclic) bond motifs is 1. The van der Waals surface area contributed by atoms with Gasteiger partial charge in [-0.25, -0.2) is 0 Å². The summed E-state index contributed by atoms with van der Waals surface area (Å²) in [6.07, 6.45) is 0. The Labute approximate surface area is 113 Å². The molecule has 3 rings (SSSR count). The largest absolute Gasteiger partial charge is 0.340 e. The van der Waals surface area contributed by atoms with Gasteiger partial charge in [0.15, 0.2) is 0 Å². The molecule has 1 amide bonds. The lowest BCUT2D eigenvalue weighted by Crippen LogP contribution is -2.46. The van der Waals surface area contributed by atoms with Crippen LogP contribution in [0.2, 0.25) is 0 Å². The van der Waals surface area contributed by atoms with Crippen molar-refractivity contribution in [2.75, 3.05) is 26.2 Å². The number of benzene rings is 1. The number of carbonyl (C=O) groups excluding carboxylic acids is 1. The van der Waals surface area contributed by atoms with Gasteiger partial charge >= 0.3 is 0 Å². The molecule has 0 spiro atoms. The minimum absolute atomic E-state index is 0.137. The van der Waals surface area contributed by atoms with Gasteiger partial charge in [0.25, 0.3) is 5.91 Å². The third kappa shape index (κ3) is 2.12. The monoisotopic (exact) mass is 257 g/mol. The summed E-state index contributed by atoms with van der Waals surface area (Å²) in [5.41, 5.74) is 3.12. The summed E-state index contributed by atoms with van der Waals surface area (Å²) in [5, 5.41) is 4.40. The Kier molecular flexibility index (Phi) is 3.03. The van der Waals surface area contributed by atoms with Crippen molar-refractivity contribution >= 4 is 16.8 Å². The van der Waals surface area contributed by atoms with Crippen LogP contribution in [0.1, 0.15) is 16.1 Å². The summed E-state index contributed by atoms with van der Waals surface area (Å²) < 4.78 is 2.01. The van der Waals surface area contributed by atoms with Gasteiger partial charge in [-0.2, -0.15) is 0 Å². The van der Waals surface area contributed by atoms with E-state index in [0.29, 0.717) is 0 Å². The fourth-order valence-electron chi connectivity index (χ4n) is 2.68. The van der Waals surface area contributed by atoms with E-state index in [2.05, 4.69) is 30.4 Å². The molecule has 4 nitrogen and oxygen atoms in total. The van der Waals surface area contributed by atoms with Crippen molar-refractivity contribution in [2.24, 2.45) is 7.05 Å². The van der Waals surface area contributed by atoms with Crippen LogP contribution >= 0.6 is 0 Å². The number of nitrogens with zero attached hydrogens (tertiary/aromatic N) is 2. The predicted molar refractivity (Wildman–Crippen MR) is 76.4 cm³/mol. The Balaban J connectivity index is 2.00. The first-order chi connectivity index (χ1) is 9.16. The summed E-state index contributed by atoms with van der Waals surface area (Å²) in [6.45, 7) is 5.42. The first-order valence-electron chi connectivity index (χ1n) is 6.73. The molecule has 100 valence electrons. The van der Waals surface area contributed by atoms with Crippen LogP contribution in [-0.4, -0.2) is 41.6 Å². The molecule has 2 aromatic rings. The maximum atomic E-state index is 12.6. The number of hydrogen-bond donors (Lipinski definition) is 1. The van der Waals surface area contributed by atoms with Crippen LogP contribution in [0.3, 0.4) is 0 Å². The molecule has 0 saturated carbocycles. The summed E-state index contributed by atoms with van der Waals surface area (Å²) >= 11 is 0. The first-order valence-corrected chi connectivity index (χ1v) is 6.73. The second-order valence-corrected chi connectivity index (χ2v) is 5.19.